The second kappa shape index (κ2) is 13.4. The zero-order valence-corrected chi connectivity index (χ0v) is 22.0. The summed E-state index contributed by atoms with van der Waals surface area (Å²) in [6, 6.07) is 11.2. The van der Waals surface area contributed by atoms with Gasteiger partial charge in [-0.15, -0.1) is 0 Å². The molecule has 1 aromatic heterocycles. The number of nitrogens with zero attached hydrogens (tertiary/aromatic N) is 3. The van der Waals surface area contributed by atoms with E-state index in [0.717, 1.165) is 10.2 Å². The topological polar surface area (TPSA) is 106 Å². The number of rotatable bonds is 10. The normalized spacial score (nSPS) is 10.5. The lowest BCUT2D eigenvalue weighted by Gasteiger charge is -2.13. The fourth-order valence-electron chi connectivity index (χ4n) is 3.37. The molecular formula is C26H28BrN5O4. The number of aromatic nitrogens is 2. The van der Waals surface area contributed by atoms with Crippen LogP contribution in [0.2, 0.25) is 0 Å². The summed E-state index contributed by atoms with van der Waals surface area (Å²) in [7, 11) is 3.40. The first-order valence-corrected chi connectivity index (χ1v) is 12.2. The van der Waals surface area contributed by atoms with E-state index in [-0.39, 0.29) is 5.97 Å². The van der Waals surface area contributed by atoms with Crippen LogP contribution in [0.5, 0.6) is 5.75 Å². The molecule has 0 aliphatic heterocycles. The summed E-state index contributed by atoms with van der Waals surface area (Å²) in [6.07, 6.45) is 2.49. The van der Waals surface area contributed by atoms with E-state index in [2.05, 4.69) is 48.4 Å². The van der Waals surface area contributed by atoms with Crippen LogP contribution in [0.3, 0.4) is 0 Å². The van der Waals surface area contributed by atoms with Crippen LogP contribution in [0.4, 0.5) is 17.2 Å². The summed E-state index contributed by atoms with van der Waals surface area (Å²) in [6.45, 7) is 3.22. The number of fused-ring (bicyclic) bond motifs is 1. The average molecular weight is 554 g/mol. The highest BCUT2D eigenvalue weighted by Gasteiger charge is 2.13. The molecule has 3 aromatic rings. The van der Waals surface area contributed by atoms with Gasteiger partial charge in [-0.1, -0.05) is 27.9 Å². The Morgan fingerprint density at radius 3 is 2.78 bits per heavy atom. The molecule has 0 atom stereocenters. The molecule has 188 valence electrons. The first-order chi connectivity index (χ1) is 17.4. The maximum absolute atomic E-state index is 12.5. The number of carbonyl (C=O) groups excluding carboxylic acids is 2. The summed E-state index contributed by atoms with van der Waals surface area (Å²) < 4.78 is 11.3. The molecule has 2 aromatic carbocycles. The van der Waals surface area contributed by atoms with Crippen molar-refractivity contribution in [3.05, 3.63) is 47.2 Å². The Morgan fingerprint density at radius 1 is 1.19 bits per heavy atom. The third kappa shape index (κ3) is 7.93. The number of esters is 1. The Morgan fingerprint density at radius 2 is 2.03 bits per heavy atom. The first kappa shape index (κ1) is 26.9. The van der Waals surface area contributed by atoms with Crippen molar-refractivity contribution in [1.29, 1.82) is 0 Å². The van der Waals surface area contributed by atoms with Gasteiger partial charge < -0.3 is 20.1 Å². The third-order valence-corrected chi connectivity index (χ3v) is 5.56. The van der Waals surface area contributed by atoms with Gasteiger partial charge in [0.1, 0.15) is 17.9 Å². The Labute approximate surface area is 218 Å². The maximum Gasteiger partial charge on any atom is 0.305 e. The van der Waals surface area contributed by atoms with Crippen LogP contribution in [-0.2, 0) is 14.3 Å². The first-order valence-electron chi connectivity index (χ1n) is 11.4. The van der Waals surface area contributed by atoms with E-state index in [9.17, 15) is 9.59 Å². The smallest absolute Gasteiger partial charge is 0.305 e. The zero-order chi connectivity index (χ0) is 25.9. The Kier molecular flexibility index (Phi) is 10.0. The van der Waals surface area contributed by atoms with E-state index >= 15 is 0 Å². The molecule has 0 saturated carbocycles. The van der Waals surface area contributed by atoms with Crippen molar-refractivity contribution >= 4 is 55.9 Å². The molecule has 0 unspecified atom stereocenters. The predicted octanol–water partition coefficient (Wildman–Crippen LogP) is 4.36. The highest BCUT2D eigenvalue weighted by Crippen LogP contribution is 2.33. The fourth-order valence-corrected chi connectivity index (χ4v) is 3.77. The Bertz CT molecular complexity index is 1290. The zero-order valence-electron chi connectivity index (χ0n) is 20.4. The third-order valence-electron chi connectivity index (χ3n) is 5.07. The van der Waals surface area contributed by atoms with Crippen LogP contribution in [0.1, 0.15) is 19.8 Å². The van der Waals surface area contributed by atoms with E-state index in [1.807, 2.05) is 36.2 Å². The summed E-state index contributed by atoms with van der Waals surface area (Å²) in [5.41, 5.74) is 1.97. The highest BCUT2D eigenvalue weighted by atomic mass is 79.9. The van der Waals surface area contributed by atoms with Crippen LogP contribution in [0.25, 0.3) is 10.9 Å². The van der Waals surface area contributed by atoms with Crippen molar-refractivity contribution in [1.82, 2.24) is 14.9 Å². The summed E-state index contributed by atoms with van der Waals surface area (Å²) in [5.74, 6) is 5.83. The number of nitrogens with one attached hydrogen (secondary N) is 2. The van der Waals surface area contributed by atoms with Gasteiger partial charge in [-0.05, 0) is 57.1 Å². The van der Waals surface area contributed by atoms with Gasteiger partial charge in [0, 0.05) is 28.0 Å². The molecule has 0 bridgehead atoms. The molecule has 3 rings (SSSR count). The second-order valence-electron chi connectivity index (χ2n) is 7.83. The van der Waals surface area contributed by atoms with Gasteiger partial charge in [-0.2, -0.15) is 0 Å². The van der Waals surface area contributed by atoms with Crippen LogP contribution in [0, 0.1) is 11.8 Å². The number of amides is 1. The molecule has 10 heteroatoms. The van der Waals surface area contributed by atoms with Gasteiger partial charge in [0.15, 0.2) is 0 Å². The highest BCUT2D eigenvalue weighted by molar-refractivity contribution is 9.10. The van der Waals surface area contributed by atoms with Crippen LogP contribution >= 0.6 is 15.9 Å². The Hall–Kier alpha value is -3.68. The molecule has 1 heterocycles. The van der Waals surface area contributed by atoms with Crippen molar-refractivity contribution in [2.45, 2.75) is 19.8 Å². The molecule has 36 heavy (non-hydrogen) atoms. The van der Waals surface area contributed by atoms with Gasteiger partial charge in [0.05, 0.1) is 31.5 Å². The van der Waals surface area contributed by atoms with Gasteiger partial charge in [-0.3, -0.25) is 14.5 Å². The second-order valence-corrected chi connectivity index (χ2v) is 8.75. The molecule has 9 nitrogen and oxygen atoms in total. The van der Waals surface area contributed by atoms with E-state index in [1.165, 1.54) is 13.4 Å². The van der Waals surface area contributed by atoms with Gasteiger partial charge in [0.25, 0.3) is 5.91 Å². The quantitative estimate of drug-likeness (QED) is 0.282. The van der Waals surface area contributed by atoms with E-state index in [0.29, 0.717) is 60.7 Å². The SMILES string of the molecule is CCOC(=O)CCCN(C)CC#CC(=O)Nc1cc2c(Nc3cccc(Br)c3)ncnc2cc1OC. The minimum Gasteiger partial charge on any atom is -0.494 e. The summed E-state index contributed by atoms with van der Waals surface area (Å²) in [4.78, 5) is 34.6. The predicted molar refractivity (Wildman–Crippen MR) is 143 cm³/mol. The van der Waals surface area contributed by atoms with E-state index < -0.39 is 5.91 Å². The molecule has 0 spiro atoms. The van der Waals surface area contributed by atoms with Crippen molar-refractivity contribution in [3.8, 4) is 17.6 Å². The number of anilines is 3. The van der Waals surface area contributed by atoms with Gasteiger partial charge in [0.2, 0.25) is 0 Å². The molecule has 0 radical (unpaired) electrons. The largest absolute Gasteiger partial charge is 0.494 e. The number of hydrogen-bond acceptors (Lipinski definition) is 8. The number of benzene rings is 2. The monoisotopic (exact) mass is 553 g/mol. The average Bonchev–Trinajstić information content (AvgIpc) is 2.84. The van der Waals surface area contributed by atoms with Crippen molar-refractivity contribution < 1.29 is 19.1 Å². The molecule has 0 aliphatic rings. The van der Waals surface area contributed by atoms with E-state index in [1.54, 1.807) is 19.1 Å². The number of ether oxygens (including phenoxy) is 2. The molecule has 0 fully saturated rings. The number of carbonyl (C=O) groups is 2. The molecule has 0 aliphatic carbocycles. The van der Waals surface area contributed by atoms with Gasteiger partial charge >= 0.3 is 5.97 Å². The lowest BCUT2D eigenvalue weighted by atomic mass is 10.2. The van der Waals surface area contributed by atoms with Crippen LogP contribution in [0.15, 0.2) is 47.2 Å². The van der Waals surface area contributed by atoms with E-state index in [4.69, 9.17) is 9.47 Å². The number of hydrogen-bond donors (Lipinski definition) is 2. The van der Waals surface area contributed by atoms with Crippen molar-refractivity contribution in [2.75, 3.05) is 44.5 Å². The summed E-state index contributed by atoms with van der Waals surface area (Å²) in [5, 5.41) is 6.79. The maximum atomic E-state index is 12.5. The van der Waals surface area contributed by atoms with Gasteiger partial charge in [-0.25, -0.2) is 9.97 Å². The minimum atomic E-state index is -0.467. The minimum absolute atomic E-state index is 0.207. The Balaban J connectivity index is 1.68. The molecule has 1 amide bonds. The number of halogens is 1. The van der Waals surface area contributed by atoms with Crippen LogP contribution < -0.4 is 15.4 Å². The number of methoxy groups -OCH3 is 1. The van der Waals surface area contributed by atoms with Crippen molar-refractivity contribution in [3.63, 3.8) is 0 Å². The summed E-state index contributed by atoms with van der Waals surface area (Å²) >= 11 is 3.46. The molecule has 0 saturated heterocycles. The fraction of sp³-hybridized carbons (Fsp3) is 0.308. The van der Waals surface area contributed by atoms with Crippen LogP contribution in [-0.4, -0.2) is 60.6 Å². The lowest BCUT2D eigenvalue weighted by molar-refractivity contribution is -0.143. The molecular weight excluding hydrogens is 526 g/mol. The standard InChI is InChI=1S/C26H28BrN5O4/c1-4-36-25(34)11-7-13-32(2)12-6-10-24(33)31-22-15-20-21(16-23(22)35-3)28-17-29-26(20)30-19-9-5-8-18(27)14-19/h5,8-9,14-17H,4,7,11-13H2,1-3H3,(H,31,33)(H,28,29,30). The van der Waals surface area contributed by atoms with Crippen molar-refractivity contribution in [2.24, 2.45) is 0 Å². The molecule has 2 N–H and O–H groups in total. The lowest BCUT2D eigenvalue weighted by Crippen LogP contribution is -2.21.